The summed E-state index contributed by atoms with van der Waals surface area (Å²) in [6.45, 7) is 3.98. The van der Waals surface area contributed by atoms with E-state index in [2.05, 4.69) is 10.6 Å². The van der Waals surface area contributed by atoms with Gasteiger partial charge in [-0.15, -0.1) is 0 Å². The maximum atomic E-state index is 12.5. The Bertz CT molecular complexity index is 687. The van der Waals surface area contributed by atoms with Crippen LogP contribution in [0.25, 0.3) is 0 Å². The van der Waals surface area contributed by atoms with Crippen molar-refractivity contribution in [3.63, 3.8) is 0 Å². The molecule has 5 rings (SSSR count). The second kappa shape index (κ2) is 5.50. The number of hydrogen-bond donors (Lipinski definition) is 2. The predicted molar refractivity (Wildman–Crippen MR) is 89.5 cm³/mol. The zero-order chi connectivity index (χ0) is 16.9. The first-order valence-electron chi connectivity index (χ1n) is 8.89. The number of rotatable bonds is 2. The standard InChI is InChI=1S/C19H24N2O3/c1-11(2)20-17(22)15-9-13-8-7-12(15)10-19(13)21-18(23)14-5-3-4-6-16(14)24-19/h3-6,11-13,15H,7-10H2,1-2H3,(H,20,22)(H,21,23)/t12-,13+,15+,19+/m1/s1. The van der Waals surface area contributed by atoms with E-state index in [1.54, 1.807) is 6.07 Å². The Kier molecular flexibility index (Phi) is 3.55. The van der Waals surface area contributed by atoms with Gasteiger partial charge in [0.25, 0.3) is 5.91 Å². The molecule has 3 aliphatic carbocycles. The number of amides is 2. The zero-order valence-electron chi connectivity index (χ0n) is 14.2. The van der Waals surface area contributed by atoms with Gasteiger partial charge < -0.3 is 15.4 Å². The van der Waals surface area contributed by atoms with Crippen LogP contribution in [0.15, 0.2) is 24.3 Å². The topological polar surface area (TPSA) is 67.4 Å². The summed E-state index contributed by atoms with van der Waals surface area (Å²) < 4.78 is 6.31. The molecule has 1 aliphatic heterocycles. The van der Waals surface area contributed by atoms with Crippen molar-refractivity contribution in [2.45, 2.75) is 51.3 Å². The summed E-state index contributed by atoms with van der Waals surface area (Å²) in [7, 11) is 0. The Morgan fingerprint density at radius 1 is 1.33 bits per heavy atom. The first kappa shape index (κ1) is 15.5. The summed E-state index contributed by atoms with van der Waals surface area (Å²) in [5, 5.41) is 6.17. The first-order chi connectivity index (χ1) is 11.5. The lowest BCUT2D eigenvalue weighted by molar-refractivity contribution is -0.147. The molecule has 5 heteroatoms. The van der Waals surface area contributed by atoms with Crippen LogP contribution in [0.5, 0.6) is 5.75 Å². The van der Waals surface area contributed by atoms with Crippen LogP contribution in [0.4, 0.5) is 0 Å². The van der Waals surface area contributed by atoms with Crippen LogP contribution in [-0.4, -0.2) is 23.6 Å². The highest BCUT2D eigenvalue weighted by atomic mass is 16.5. The highest BCUT2D eigenvalue weighted by Gasteiger charge is 2.57. The number of ether oxygens (including phenoxy) is 1. The fraction of sp³-hybridized carbons (Fsp3) is 0.579. The Morgan fingerprint density at radius 2 is 2.12 bits per heavy atom. The highest BCUT2D eigenvalue weighted by molar-refractivity contribution is 5.98. The summed E-state index contributed by atoms with van der Waals surface area (Å²) in [6.07, 6.45) is 3.53. The minimum atomic E-state index is -0.636. The molecule has 24 heavy (non-hydrogen) atoms. The molecule has 4 aliphatic rings. The summed E-state index contributed by atoms with van der Waals surface area (Å²) in [5.74, 6) is 1.23. The molecule has 0 aromatic heterocycles. The quantitative estimate of drug-likeness (QED) is 0.876. The van der Waals surface area contributed by atoms with Crippen LogP contribution in [0.3, 0.4) is 0 Å². The normalized spacial score (nSPS) is 33.8. The van der Waals surface area contributed by atoms with Crippen molar-refractivity contribution in [2.75, 3.05) is 0 Å². The summed E-state index contributed by atoms with van der Waals surface area (Å²) in [6, 6.07) is 7.55. The molecule has 2 bridgehead atoms. The lowest BCUT2D eigenvalue weighted by Gasteiger charge is -2.55. The molecule has 1 heterocycles. The average Bonchev–Trinajstić information content (AvgIpc) is 2.54. The lowest BCUT2D eigenvalue weighted by atomic mass is 9.60. The Balaban J connectivity index is 1.58. The van der Waals surface area contributed by atoms with Gasteiger partial charge in [-0.1, -0.05) is 12.1 Å². The van der Waals surface area contributed by atoms with Crippen molar-refractivity contribution in [2.24, 2.45) is 17.8 Å². The number of hydrogen-bond acceptors (Lipinski definition) is 3. The maximum Gasteiger partial charge on any atom is 0.258 e. The molecule has 128 valence electrons. The van der Waals surface area contributed by atoms with Gasteiger partial charge in [0.1, 0.15) is 5.75 Å². The van der Waals surface area contributed by atoms with Crippen molar-refractivity contribution in [3.8, 4) is 5.75 Å². The summed E-state index contributed by atoms with van der Waals surface area (Å²) in [5.41, 5.74) is -0.0400. The van der Waals surface area contributed by atoms with Gasteiger partial charge in [0, 0.05) is 24.3 Å². The van der Waals surface area contributed by atoms with E-state index in [4.69, 9.17) is 4.74 Å². The Labute approximate surface area is 142 Å². The zero-order valence-corrected chi connectivity index (χ0v) is 14.2. The average molecular weight is 328 g/mol. The first-order valence-corrected chi connectivity index (χ1v) is 8.89. The van der Waals surface area contributed by atoms with Gasteiger partial charge in [-0.3, -0.25) is 9.59 Å². The van der Waals surface area contributed by atoms with Gasteiger partial charge in [0.2, 0.25) is 5.91 Å². The fourth-order valence-corrected chi connectivity index (χ4v) is 4.67. The number of nitrogens with one attached hydrogen (secondary N) is 2. The smallest absolute Gasteiger partial charge is 0.258 e. The van der Waals surface area contributed by atoms with Crippen molar-refractivity contribution in [1.82, 2.24) is 10.6 Å². The molecule has 2 N–H and O–H groups in total. The predicted octanol–water partition coefficient (Wildman–Crippen LogP) is 2.47. The second-order valence-corrected chi connectivity index (χ2v) is 7.69. The van der Waals surface area contributed by atoms with E-state index in [-0.39, 0.29) is 35.6 Å². The van der Waals surface area contributed by atoms with Gasteiger partial charge >= 0.3 is 0 Å². The van der Waals surface area contributed by atoms with Crippen molar-refractivity contribution >= 4 is 11.8 Å². The number of benzene rings is 1. The fourth-order valence-electron chi connectivity index (χ4n) is 4.67. The van der Waals surface area contributed by atoms with Gasteiger partial charge in [-0.2, -0.15) is 0 Å². The van der Waals surface area contributed by atoms with E-state index >= 15 is 0 Å². The van der Waals surface area contributed by atoms with E-state index in [1.165, 1.54) is 0 Å². The van der Waals surface area contributed by atoms with Crippen LogP contribution >= 0.6 is 0 Å². The summed E-state index contributed by atoms with van der Waals surface area (Å²) >= 11 is 0. The van der Waals surface area contributed by atoms with Crippen molar-refractivity contribution < 1.29 is 14.3 Å². The molecule has 2 amide bonds. The van der Waals surface area contributed by atoms with E-state index in [0.29, 0.717) is 17.7 Å². The Hall–Kier alpha value is -2.04. The third-order valence-corrected chi connectivity index (χ3v) is 5.73. The van der Waals surface area contributed by atoms with Crippen molar-refractivity contribution in [1.29, 1.82) is 0 Å². The monoisotopic (exact) mass is 328 g/mol. The molecule has 0 radical (unpaired) electrons. The lowest BCUT2D eigenvalue weighted by Crippen LogP contribution is -2.67. The molecule has 0 saturated heterocycles. The maximum absolute atomic E-state index is 12.5. The molecule has 1 aromatic rings. The molecule has 0 unspecified atom stereocenters. The SMILES string of the molecule is CC(C)NC(=O)[C@H]1C[C@@H]2CC[C@@H]1C[C@@]21NC(=O)c2ccccc2O1. The molecule has 3 saturated carbocycles. The third-order valence-electron chi connectivity index (χ3n) is 5.73. The van der Waals surface area contributed by atoms with Crippen LogP contribution in [0.2, 0.25) is 0 Å². The number of carbonyl (C=O) groups is 2. The van der Waals surface area contributed by atoms with Crippen LogP contribution in [-0.2, 0) is 4.79 Å². The van der Waals surface area contributed by atoms with E-state index in [9.17, 15) is 9.59 Å². The van der Waals surface area contributed by atoms with Gasteiger partial charge in [-0.25, -0.2) is 0 Å². The van der Waals surface area contributed by atoms with Gasteiger partial charge in [-0.05, 0) is 51.2 Å². The van der Waals surface area contributed by atoms with E-state index in [1.807, 2.05) is 32.0 Å². The van der Waals surface area contributed by atoms with Crippen molar-refractivity contribution in [3.05, 3.63) is 29.8 Å². The molecular weight excluding hydrogens is 304 g/mol. The Morgan fingerprint density at radius 3 is 2.83 bits per heavy atom. The molecule has 1 spiro atoms. The molecular formula is C19H24N2O3. The number of fused-ring (bicyclic) bond motifs is 3. The van der Waals surface area contributed by atoms with Gasteiger partial charge in [0.05, 0.1) is 5.56 Å². The number of carbonyl (C=O) groups excluding carboxylic acids is 2. The molecule has 4 atom stereocenters. The molecule has 5 nitrogen and oxygen atoms in total. The minimum absolute atomic E-state index is 0.0365. The molecule has 1 aromatic carbocycles. The minimum Gasteiger partial charge on any atom is -0.467 e. The van der Waals surface area contributed by atoms with Crippen LogP contribution in [0, 0.1) is 17.8 Å². The third kappa shape index (κ3) is 2.38. The van der Waals surface area contributed by atoms with Crippen LogP contribution in [0.1, 0.15) is 49.9 Å². The van der Waals surface area contributed by atoms with E-state index < -0.39 is 5.72 Å². The van der Waals surface area contributed by atoms with Crippen LogP contribution < -0.4 is 15.4 Å². The largest absolute Gasteiger partial charge is 0.467 e. The highest BCUT2D eigenvalue weighted by Crippen LogP contribution is 2.52. The van der Waals surface area contributed by atoms with E-state index in [0.717, 1.165) is 19.3 Å². The molecule has 3 fully saturated rings. The number of para-hydroxylation sites is 1. The second-order valence-electron chi connectivity index (χ2n) is 7.69. The van der Waals surface area contributed by atoms with Gasteiger partial charge in [0.15, 0.2) is 5.72 Å². The summed E-state index contributed by atoms with van der Waals surface area (Å²) in [4.78, 5) is 25.0.